The Morgan fingerprint density at radius 1 is 0.941 bits per heavy atom. The first-order valence-electron chi connectivity index (χ1n) is 5.14. The molecule has 4 nitrogen and oxygen atoms in total. The Labute approximate surface area is 107 Å². The molecule has 1 rings (SSSR count). The summed E-state index contributed by atoms with van der Waals surface area (Å²) in [5.41, 5.74) is 0.477. The van der Waals surface area contributed by atoms with Gasteiger partial charge in [-0.05, 0) is 26.0 Å². The molecule has 0 bridgehead atoms. The van der Waals surface area contributed by atoms with E-state index < -0.39 is 11.9 Å². The maximum atomic E-state index is 11.5. The Kier molecular flexibility index (Phi) is 7.05. The second kappa shape index (κ2) is 7.73. The summed E-state index contributed by atoms with van der Waals surface area (Å²) < 4.78 is 9.70. The van der Waals surface area contributed by atoms with E-state index in [1.165, 1.54) is 0 Å². The van der Waals surface area contributed by atoms with E-state index in [1.54, 1.807) is 38.1 Å². The van der Waals surface area contributed by atoms with Crippen LogP contribution >= 0.6 is 13.5 Å². The molecule has 0 aromatic heterocycles. The molecule has 0 saturated carbocycles. The van der Waals surface area contributed by atoms with Gasteiger partial charge in [0.2, 0.25) is 0 Å². The molecule has 0 atom stereocenters. The smallest absolute Gasteiger partial charge is 0.338 e. The van der Waals surface area contributed by atoms with E-state index >= 15 is 0 Å². The zero-order chi connectivity index (χ0) is 12.0. The van der Waals surface area contributed by atoms with Crippen molar-refractivity contribution >= 4 is 25.4 Å². The lowest BCUT2D eigenvalue weighted by atomic mass is 10.1. The highest BCUT2D eigenvalue weighted by Crippen LogP contribution is 2.11. The van der Waals surface area contributed by atoms with E-state index in [4.69, 9.17) is 9.47 Å². The summed E-state index contributed by atoms with van der Waals surface area (Å²) in [5.74, 6) is -1.02. The van der Waals surface area contributed by atoms with Crippen LogP contribution in [0.2, 0.25) is 0 Å². The fourth-order valence-corrected chi connectivity index (χ4v) is 1.26. The zero-order valence-corrected chi connectivity index (χ0v) is 10.9. The van der Waals surface area contributed by atoms with Crippen molar-refractivity contribution in [2.75, 3.05) is 13.2 Å². The van der Waals surface area contributed by atoms with Gasteiger partial charge >= 0.3 is 11.9 Å². The molecule has 17 heavy (non-hydrogen) atoms. The average Bonchev–Trinajstić information content (AvgIpc) is 2.30. The third-order valence-corrected chi connectivity index (χ3v) is 1.92. The molecule has 0 aliphatic carbocycles. The molecular formula is C12H16O4S. The Morgan fingerprint density at radius 2 is 1.29 bits per heavy atom. The first-order chi connectivity index (χ1) is 7.70. The SMILES string of the molecule is CCOC(=O)c1ccccc1C(=O)OCC.S. The second-order valence-electron chi connectivity index (χ2n) is 2.99. The Morgan fingerprint density at radius 3 is 1.59 bits per heavy atom. The van der Waals surface area contributed by atoms with Crippen LogP contribution in [0.25, 0.3) is 0 Å². The van der Waals surface area contributed by atoms with Gasteiger partial charge in [0.1, 0.15) is 0 Å². The normalized spacial score (nSPS) is 9.06. The summed E-state index contributed by atoms with van der Waals surface area (Å²) in [6, 6.07) is 6.44. The van der Waals surface area contributed by atoms with Crippen molar-refractivity contribution in [3.63, 3.8) is 0 Å². The number of hydrogen-bond acceptors (Lipinski definition) is 4. The van der Waals surface area contributed by atoms with Crippen molar-refractivity contribution < 1.29 is 19.1 Å². The maximum absolute atomic E-state index is 11.5. The van der Waals surface area contributed by atoms with Crippen molar-refractivity contribution in [2.24, 2.45) is 0 Å². The minimum atomic E-state index is -0.508. The van der Waals surface area contributed by atoms with E-state index in [0.29, 0.717) is 0 Å². The minimum Gasteiger partial charge on any atom is -0.462 e. The topological polar surface area (TPSA) is 52.6 Å². The van der Waals surface area contributed by atoms with Gasteiger partial charge in [-0.15, -0.1) is 0 Å². The highest BCUT2D eigenvalue weighted by Gasteiger charge is 2.17. The van der Waals surface area contributed by atoms with Crippen LogP contribution in [0.3, 0.4) is 0 Å². The highest BCUT2D eigenvalue weighted by molar-refractivity contribution is 7.59. The largest absolute Gasteiger partial charge is 0.462 e. The van der Waals surface area contributed by atoms with Crippen LogP contribution in [0.15, 0.2) is 24.3 Å². The van der Waals surface area contributed by atoms with Gasteiger partial charge in [0.05, 0.1) is 24.3 Å². The number of esters is 2. The monoisotopic (exact) mass is 256 g/mol. The predicted molar refractivity (Wildman–Crippen MR) is 68.7 cm³/mol. The standard InChI is InChI=1S/C12H14O4.H2S/c1-3-15-11(13)9-7-5-6-8-10(9)12(14)16-4-2;/h5-8H,3-4H2,1-2H3;1H2. The van der Waals surface area contributed by atoms with Gasteiger partial charge in [0.25, 0.3) is 0 Å². The van der Waals surface area contributed by atoms with Crippen LogP contribution in [0.1, 0.15) is 34.6 Å². The predicted octanol–water partition coefficient (Wildman–Crippen LogP) is 2.15. The van der Waals surface area contributed by atoms with Gasteiger partial charge in [-0.2, -0.15) is 13.5 Å². The molecule has 0 saturated heterocycles. The van der Waals surface area contributed by atoms with Crippen LogP contribution in [0.5, 0.6) is 0 Å². The number of hydrogen-bond donors (Lipinski definition) is 0. The van der Waals surface area contributed by atoms with Crippen LogP contribution in [0, 0.1) is 0 Å². The number of ether oxygens (including phenoxy) is 2. The lowest BCUT2D eigenvalue weighted by Gasteiger charge is -2.07. The number of carbonyl (C=O) groups excluding carboxylic acids is 2. The number of rotatable bonds is 4. The number of carbonyl (C=O) groups is 2. The molecule has 0 fully saturated rings. The molecule has 94 valence electrons. The molecular weight excluding hydrogens is 240 g/mol. The molecule has 1 aromatic carbocycles. The van der Waals surface area contributed by atoms with Crippen LogP contribution in [0.4, 0.5) is 0 Å². The molecule has 0 spiro atoms. The second-order valence-corrected chi connectivity index (χ2v) is 2.99. The summed E-state index contributed by atoms with van der Waals surface area (Å²) in [6.45, 7) is 3.97. The molecule has 0 heterocycles. The van der Waals surface area contributed by atoms with Gasteiger partial charge in [-0.25, -0.2) is 9.59 Å². The fourth-order valence-electron chi connectivity index (χ4n) is 1.26. The van der Waals surface area contributed by atoms with Gasteiger partial charge < -0.3 is 9.47 Å². The van der Waals surface area contributed by atoms with Crippen molar-refractivity contribution in [3.8, 4) is 0 Å². The first-order valence-corrected chi connectivity index (χ1v) is 5.14. The lowest BCUT2D eigenvalue weighted by Crippen LogP contribution is -2.13. The third-order valence-electron chi connectivity index (χ3n) is 1.92. The van der Waals surface area contributed by atoms with E-state index in [2.05, 4.69) is 0 Å². The zero-order valence-electron chi connectivity index (χ0n) is 9.86. The Balaban J connectivity index is 0.00000256. The van der Waals surface area contributed by atoms with E-state index in [9.17, 15) is 9.59 Å². The van der Waals surface area contributed by atoms with Crippen molar-refractivity contribution in [1.82, 2.24) is 0 Å². The fraction of sp³-hybridized carbons (Fsp3) is 0.333. The van der Waals surface area contributed by atoms with E-state index in [-0.39, 0.29) is 37.8 Å². The Bertz CT molecular complexity index is 353. The summed E-state index contributed by atoms with van der Waals surface area (Å²) in [4.78, 5) is 23.1. The van der Waals surface area contributed by atoms with Gasteiger partial charge in [0, 0.05) is 0 Å². The maximum Gasteiger partial charge on any atom is 0.338 e. The first kappa shape index (κ1) is 15.5. The van der Waals surface area contributed by atoms with Crippen LogP contribution in [-0.4, -0.2) is 25.2 Å². The van der Waals surface area contributed by atoms with Crippen molar-refractivity contribution in [3.05, 3.63) is 35.4 Å². The molecule has 0 unspecified atom stereocenters. The summed E-state index contributed by atoms with van der Waals surface area (Å²) >= 11 is 0. The van der Waals surface area contributed by atoms with Crippen molar-refractivity contribution in [2.45, 2.75) is 13.8 Å². The minimum absolute atomic E-state index is 0. The average molecular weight is 256 g/mol. The summed E-state index contributed by atoms with van der Waals surface area (Å²) in [7, 11) is 0. The third kappa shape index (κ3) is 4.11. The summed E-state index contributed by atoms with van der Waals surface area (Å²) in [6.07, 6.45) is 0. The van der Waals surface area contributed by atoms with Gasteiger partial charge in [-0.3, -0.25) is 0 Å². The van der Waals surface area contributed by atoms with Crippen molar-refractivity contribution in [1.29, 1.82) is 0 Å². The molecule has 0 amide bonds. The van der Waals surface area contributed by atoms with Crippen LogP contribution < -0.4 is 0 Å². The number of benzene rings is 1. The molecule has 5 heteroatoms. The molecule has 0 aliphatic rings. The summed E-state index contributed by atoms with van der Waals surface area (Å²) in [5, 5.41) is 0. The van der Waals surface area contributed by atoms with Gasteiger partial charge in [-0.1, -0.05) is 12.1 Å². The van der Waals surface area contributed by atoms with E-state index in [1.807, 2.05) is 0 Å². The van der Waals surface area contributed by atoms with Crippen LogP contribution in [-0.2, 0) is 9.47 Å². The molecule has 0 radical (unpaired) electrons. The quantitative estimate of drug-likeness (QED) is 0.775. The molecule has 0 N–H and O–H groups in total. The lowest BCUT2D eigenvalue weighted by molar-refractivity contribution is 0.0479. The molecule has 1 aromatic rings. The Hall–Kier alpha value is -1.49. The van der Waals surface area contributed by atoms with Gasteiger partial charge in [0.15, 0.2) is 0 Å². The highest BCUT2D eigenvalue weighted by atomic mass is 32.1. The van der Waals surface area contributed by atoms with E-state index in [0.717, 1.165) is 0 Å². The molecule has 0 aliphatic heterocycles.